The number of hydrogen-bond acceptors (Lipinski definition) is 6. The van der Waals surface area contributed by atoms with Crippen LogP contribution in [0, 0.1) is 13.8 Å². The Labute approximate surface area is 378 Å². The van der Waals surface area contributed by atoms with Crippen LogP contribution in [0.4, 0.5) is 34.1 Å². The minimum absolute atomic E-state index is 0.0301. The van der Waals surface area contributed by atoms with Gasteiger partial charge in [-0.05, 0) is 112 Å². The molecule has 0 radical (unpaired) electrons. The summed E-state index contributed by atoms with van der Waals surface area (Å²) in [6, 6.07) is 62.4. The minimum atomic E-state index is -0.0301. The first-order chi connectivity index (χ1) is 31.6. The van der Waals surface area contributed by atoms with E-state index in [1.54, 1.807) is 0 Å². The van der Waals surface area contributed by atoms with E-state index < -0.39 is 0 Å². The van der Waals surface area contributed by atoms with E-state index in [0.717, 1.165) is 34.4 Å². The third-order valence-corrected chi connectivity index (χ3v) is 16.7. The third kappa shape index (κ3) is 4.58. The van der Waals surface area contributed by atoms with Gasteiger partial charge in [-0.2, -0.15) is 11.3 Å². The molecule has 8 heteroatoms. The number of rotatable bonds is 2. The van der Waals surface area contributed by atoms with Crippen molar-refractivity contribution in [3.8, 4) is 23.0 Å². The molecule has 4 nitrogen and oxygen atoms in total. The Morgan fingerprint density at radius 2 is 1.00 bits per heavy atom. The highest BCUT2D eigenvalue weighted by Crippen LogP contribution is 2.49. The van der Waals surface area contributed by atoms with Crippen molar-refractivity contribution < 1.29 is 9.47 Å². The molecular weight excluding hydrogens is 818 g/mol. The fraction of sp³-hybridized carbons (Fsp3) is 0.0357. The van der Waals surface area contributed by atoms with Gasteiger partial charge in [0.2, 0.25) is 0 Å². The second-order valence-electron chi connectivity index (χ2n) is 17.5. The molecule has 0 fully saturated rings. The van der Waals surface area contributed by atoms with Gasteiger partial charge < -0.3 is 19.3 Å². The zero-order chi connectivity index (χ0) is 41.9. The van der Waals surface area contributed by atoms with Crippen LogP contribution < -0.4 is 51.4 Å². The number of benzene rings is 9. The highest BCUT2D eigenvalue weighted by Gasteiger charge is 2.46. The summed E-state index contributed by atoms with van der Waals surface area (Å²) < 4.78 is 17.8. The smallest absolute Gasteiger partial charge is 0.268 e. The Morgan fingerprint density at radius 3 is 1.73 bits per heavy atom. The maximum absolute atomic E-state index is 7.05. The van der Waals surface area contributed by atoms with Gasteiger partial charge in [-0.1, -0.05) is 115 Å². The monoisotopic (exact) mass is 852 g/mol. The van der Waals surface area contributed by atoms with Gasteiger partial charge in [0, 0.05) is 63.3 Å². The highest BCUT2D eigenvalue weighted by atomic mass is 32.1. The van der Waals surface area contributed by atoms with Crippen LogP contribution in [-0.2, 0) is 0 Å². The number of aryl methyl sites for hydroxylation is 1. The second kappa shape index (κ2) is 12.7. The third-order valence-electron chi connectivity index (χ3n) is 14.3. The summed E-state index contributed by atoms with van der Waals surface area (Å²) in [5.74, 6) is 3.71. The molecule has 4 aliphatic rings. The standard InChI is InChI=1S/C56H34B2N2O2S2/c1-31-32(2)63-56-54(31)59(35-16-4-3-5-17-35)44-21-11-24-47-53(44)58(56)42-28-39-38-27-41-48(29-50(38)64-51(39)30-49(42)62-47)61-46-23-12-22-45-52(46)57(41)40-26-25-34-14-7-9-19-37(34)55(40)60(45)43-20-10-15-33-13-6-8-18-36(33)43/h3-30H,1-2H3. The summed E-state index contributed by atoms with van der Waals surface area (Å²) in [6.45, 7) is 4.58. The van der Waals surface area contributed by atoms with Crippen molar-refractivity contribution in [3.63, 3.8) is 0 Å². The Morgan fingerprint density at radius 1 is 0.422 bits per heavy atom. The van der Waals surface area contributed by atoms with Gasteiger partial charge in [0.05, 0.1) is 11.4 Å². The average Bonchev–Trinajstić information content (AvgIpc) is 3.83. The first-order valence-corrected chi connectivity index (χ1v) is 23.6. The Bertz CT molecular complexity index is 3870. The maximum Gasteiger partial charge on any atom is 0.268 e. The largest absolute Gasteiger partial charge is 0.458 e. The first kappa shape index (κ1) is 35.2. The van der Waals surface area contributed by atoms with Crippen LogP contribution in [0.25, 0.3) is 41.7 Å². The van der Waals surface area contributed by atoms with E-state index in [4.69, 9.17) is 9.47 Å². The van der Waals surface area contributed by atoms with E-state index in [1.807, 2.05) is 22.7 Å². The molecule has 0 aliphatic carbocycles. The molecule has 6 heterocycles. The fourth-order valence-electron chi connectivity index (χ4n) is 11.5. The molecule has 0 bridgehead atoms. The molecule has 0 amide bonds. The number of hydrogen-bond donors (Lipinski definition) is 0. The molecule has 2 aromatic heterocycles. The molecule has 0 unspecified atom stereocenters. The lowest BCUT2D eigenvalue weighted by Crippen LogP contribution is -2.59. The van der Waals surface area contributed by atoms with E-state index in [0.29, 0.717) is 0 Å². The summed E-state index contributed by atoms with van der Waals surface area (Å²) in [6.07, 6.45) is 0. The number of thiophene rings is 2. The molecule has 15 rings (SSSR count). The van der Waals surface area contributed by atoms with Crippen LogP contribution in [0.15, 0.2) is 170 Å². The van der Waals surface area contributed by atoms with Crippen LogP contribution in [0.1, 0.15) is 10.4 Å². The van der Waals surface area contributed by atoms with Crippen LogP contribution >= 0.6 is 22.7 Å². The number of para-hydroxylation sites is 1. The zero-order valence-corrected chi connectivity index (χ0v) is 36.5. The van der Waals surface area contributed by atoms with Gasteiger partial charge in [-0.25, -0.2) is 0 Å². The van der Waals surface area contributed by atoms with Gasteiger partial charge in [0.1, 0.15) is 23.0 Å². The summed E-state index contributed by atoms with van der Waals surface area (Å²) in [5.41, 5.74) is 14.7. The molecule has 0 spiro atoms. The minimum Gasteiger partial charge on any atom is -0.458 e. The van der Waals surface area contributed by atoms with Crippen molar-refractivity contribution in [1.29, 1.82) is 0 Å². The summed E-state index contributed by atoms with van der Waals surface area (Å²) >= 11 is 3.75. The molecule has 0 saturated carbocycles. The van der Waals surface area contributed by atoms with Crippen LogP contribution in [0.2, 0.25) is 0 Å². The van der Waals surface area contributed by atoms with Crippen molar-refractivity contribution in [3.05, 3.63) is 180 Å². The van der Waals surface area contributed by atoms with Crippen molar-refractivity contribution >= 4 is 144 Å². The van der Waals surface area contributed by atoms with E-state index in [1.165, 1.54) is 107 Å². The molecule has 4 aliphatic heterocycles. The van der Waals surface area contributed by atoms with Gasteiger partial charge in [0.25, 0.3) is 13.4 Å². The Kier molecular flexibility index (Phi) is 6.99. The van der Waals surface area contributed by atoms with Crippen LogP contribution in [0.5, 0.6) is 23.0 Å². The molecule has 0 N–H and O–H groups in total. The lowest BCUT2D eigenvalue weighted by molar-refractivity contribution is 0.488. The van der Waals surface area contributed by atoms with Gasteiger partial charge in [-0.3, -0.25) is 0 Å². The van der Waals surface area contributed by atoms with Crippen LogP contribution in [0.3, 0.4) is 0 Å². The molecule has 298 valence electrons. The van der Waals surface area contributed by atoms with E-state index in [9.17, 15) is 0 Å². The van der Waals surface area contributed by atoms with E-state index in [-0.39, 0.29) is 13.4 Å². The van der Waals surface area contributed by atoms with Gasteiger partial charge in [-0.15, -0.1) is 11.3 Å². The van der Waals surface area contributed by atoms with Crippen molar-refractivity contribution in [2.45, 2.75) is 13.8 Å². The van der Waals surface area contributed by atoms with E-state index in [2.05, 4.69) is 194 Å². The highest BCUT2D eigenvalue weighted by molar-refractivity contribution is 7.29. The molecule has 9 aromatic carbocycles. The molecule has 0 saturated heterocycles. The lowest BCUT2D eigenvalue weighted by atomic mass is 9.34. The lowest BCUT2D eigenvalue weighted by Gasteiger charge is -2.41. The van der Waals surface area contributed by atoms with Gasteiger partial charge in [0.15, 0.2) is 0 Å². The predicted octanol–water partition coefficient (Wildman–Crippen LogP) is 11.8. The normalized spacial score (nSPS) is 13.9. The van der Waals surface area contributed by atoms with Crippen LogP contribution in [-0.4, -0.2) is 13.4 Å². The second-order valence-corrected chi connectivity index (χ2v) is 19.9. The maximum atomic E-state index is 7.05. The number of fused-ring (bicyclic) bond motifs is 14. The SMILES string of the molecule is Cc1sc2c(c1C)N(c1ccccc1)c1cccc3c1B2c1cc2c(cc1O3)sc1cc3c(cc12)B1c2ccc4ccccc4c2N(c2cccc4ccccc24)c2cccc(c21)O3. The average molecular weight is 853 g/mol. The predicted molar refractivity (Wildman–Crippen MR) is 273 cm³/mol. The zero-order valence-electron chi connectivity index (χ0n) is 34.8. The molecular formula is C56H34B2N2O2S2. The van der Waals surface area contributed by atoms with E-state index >= 15 is 0 Å². The number of anilines is 6. The fourth-order valence-corrected chi connectivity index (χ4v) is 13.9. The number of ether oxygens (including phenoxy) is 2. The Balaban J connectivity index is 0.959. The summed E-state index contributed by atoms with van der Waals surface area (Å²) in [7, 11) is 0. The van der Waals surface area contributed by atoms with Crippen molar-refractivity contribution in [2.24, 2.45) is 0 Å². The first-order valence-electron chi connectivity index (χ1n) is 22.0. The topological polar surface area (TPSA) is 24.9 Å². The summed E-state index contributed by atoms with van der Waals surface area (Å²) in [4.78, 5) is 6.31. The van der Waals surface area contributed by atoms with Crippen molar-refractivity contribution in [1.82, 2.24) is 0 Å². The quantitative estimate of drug-likeness (QED) is 0.162. The molecule has 64 heavy (non-hydrogen) atoms. The Hall–Kier alpha value is -7.25. The molecule has 0 atom stereocenters. The van der Waals surface area contributed by atoms with Gasteiger partial charge >= 0.3 is 0 Å². The number of nitrogens with zero attached hydrogens (tertiary/aromatic N) is 2. The summed E-state index contributed by atoms with van der Waals surface area (Å²) in [5, 5.41) is 7.41. The molecule has 11 aromatic rings. The van der Waals surface area contributed by atoms with Crippen molar-refractivity contribution in [2.75, 3.05) is 9.80 Å².